The van der Waals surface area contributed by atoms with Crippen molar-refractivity contribution in [3.63, 3.8) is 0 Å². The van der Waals surface area contributed by atoms with Gasteiger partial charge in [0.05, 0.1) is 6.20 Å². The van der Waals surface area contributed by atoms with Crippen LogP contribution in [0.2, 0.25) is 0 Å². The van der Waals surface area contributed by atoms with Gasteiger partial charge >= 0.3 is 12.0 Å². The third kappa shape index (κ3) is 3.24. The molecule has 2 amide bonds. The van der Waals surface area contributed by atoms with Crippen LogP contribution in [0.3, 0.4) is 0 Å². The van der Waals surface area contributed by atoms with Crippen molar-refractivity contribution in [2.45, 2.75) is 39.3 Å². The number of carboxylic acids is 1. The highest BCUT2D eigenvalue weighted by atomic mass is 16.4. The largest absolute Gasteiger partial charge is 0.480 e. The number of carbonyl (C=O) groups is 2. The van der Waals surface area contributed by atoms with Gasteiger partial charge in [-0.15, -0.1) is 0 Å². The maximum absolute atomic E-state index is 12.0. The Labute approximate surface area is 111 Å². The number of carboxylic acid groups (broad SMARTS) is 1. The van der Waals surface area contributed by atoms with Crippen LogP contribution in [0.15, 0.2) is 10.6 Å². The van der Waals surface area contributed by atoms with E-state index in [0.717, 1.165) is 4.90 Å². The molecule has 0 spiro atoms. The van der Waals surface area contributed by atoms with Gasteiger partial charge in [-0.25, -0.2) is 14.6 Å². The predicted molar refractivity (Wildman–Crippen MR) is 67.7 cm³/mol. The van der Waals surface area contributed by atoms with E-state index in [0.29, 0.717) is 11.7 Å². The first-order valence-electron chi connectivity index (χ1n) is 5.86. The number of nitrogens with one attached hydrogen (secondary N) is 1. The third-order valence-electron chi connectivity index (χ3n) is 3.02. The van der Waals surface area contributed by atoms with E-state index in [4.69, 9.17) is 9.52 Å². The number of nitrogens with zero attached hydrogens (tertiary/aromatic N) is 2. The van der Waals surface area contributed by atoms with E-state index in [1.807, 2.05) is 0 Å². The van der Waals surface area contributed by atoms with Gasteiger partial charge in [0.2, 0.25) is 5.89 Å². The van der Waals surface area contributed by atoms with Gasteiger partial charge in [0.15, 0.2) is 0 Å². The first-order valence-corrected chi connectivity index (χ1v) is 5.86. The molecule has 106 valence electrons. The van der Waals surface area contributed by atoms with Gasteiger partial charge < -0.3 is 19.7 Å². The molecule has 1 unspecified atom stereocenters. The molecular weight excluding hydrogens is 250 g/mol. The van der Waals surface area contributed by atoms with Crippen molar-refractivity contribution >= 4 is 12.0 Å². The van der Waals surface area contributed by atoms with Gasteiger partial charge in [0.1, 0.15) is 17.3 Å². The number of aromatic nitrogens is 1. The van der Waals surface area contributed by atoms with Gasteiger partial charge in [0.25, 0.3) is 0 Å². The molecule has 1 aromatic rings. The molecule has 2 N–H and O–H groups in total. The van der Waals surface area contributed by atoms with Crippen LogP contribution in [0.5, 0.6) is 0 Å². The molecule has 0 aliphatic carbocycles. The number of hydrogen-bond donors (Lipinski definition) is 2. The van der Waals surface area contributed by atoms with Crippen LogP contribution in [0.25, 0.3) is 0 Å². The maximum Gasteiger partial charge on any atom is 0.329 e. The summed E-state index contributed by atoms with van der Waals surface area (Å²) in [6, 6.07) is -0.941. The van der Waals surface area contributed by atoms with Crippen LogP contribution < -0.4 is 5.32 Å². The minimum absolute atomic E-state index is 0.382. The number of aryl methyl sites for hydroxylation is 1. The van der Waals surface area contributed by atoms with Gasteiger partial charge in [0, 0.05) is 7.05 Å². The Hall–Kier alpha value is -2.05. The summed E-state index contributed by atoms with van der Waals surface area (Å²) >= 11 is 0. The number of hydrogen-bond acceptors (Lipinski definition) is 4. The number of likely N-dealkylation sites (N-methyl/N-ethyl adjacent to an activating group) is 1. The normalized spacial score (nSPS) is 12.9. The fourth-order valence-electron chi connectivity index (χ4n) is 1.31. The van der Waals surface area contributed by atoms with Crippen molar-refractivity contribution in [1.29, 1.82) is 0 Å². The number of oxazole rings is 1. The Morgan fingerprint density at radius 3 is 2.53 bits per heavy atom. The second-order valence-corrected chi connectivity index (χ2v) is 4.90. The van der Waals surface area contributed by atoms with Crippen LogP contribution in [0.4, 0.5) is 4.79 Å². The predicted octanol–water partition coefficient (Wildman–Crippen LogP) is 1.55. The third-order valence-corrected chi connectivity index (χ3v) is 3.02. The van der Waals surface area contributed by atoms with E-state index in [1.165, 1.54) is 20.9 Å². The van der Waals surface area contributed by atoms with E-state index in [9.17, 15) is 9.59 Å². The van der Waals surface area contributed by atoms with Crippen molar-refractivity contribution < 1.29 is 19.1 Å². The average Bonchev–Trinajstić information content (AvgIpc) is 2.74. The summed E-state index contributed by atoms with van der Waals surface area (Å²) in [5.74, 6) is -0.0486. The number of rotatable bonds is 4. The fourth-order valence-corrected chi connectivity index (χ4v) is 1.31. The van der Waals surface area contributed by atoms with Crippen LogP contribution >= 0.6 is 0 Å². The number of carbonyl (C=O) groups excluding carboxylic acids is 1. The Morgan fingerprint density at radius 1 is 1.53 bits per heavy atom. The van der Waals surface area contributed by atoms with Crippen LogP contribution in [-0.2, 0) is 4.79 Å². The molecule has 0 aliphatic heterocycles. The summed E-state index contributed by atoms with van der Waals surface area (Å²) in [4.78, 5) is 28.2. The topological polar surface area (TPSA) is 95.7 Å². The Morgan fingerprint density at radius 2 is 2.11 bits per heavy atom. The average molecular weight is 269 g/mol. The molecule has 0 bridgehead atoms. The molecule has 0 aromatic carbocycles. The van der Waals surface area contributed by atoms with Crippen molar-refractivity contribution in [1.82, 2.24) is 15.2 Å². The second kappa shape index (κ2) is 5.29. The standard InChI is InChI=1S/C12H19N3O4/c1-7-6-13-9(19-7)8(2)14-11(18)15(5)12(3,4)10(16)17/h6,8H,1-5H3,(H,14,18)(H,16,17). The smallest absolute Gasteiger partial charge is 0.329 e. The van der Waals surface area contributed by atoms with Crippen molar-refractivity contribution in [3.8, 4) is 0 Å². The van der Waals surface area contributed by atoms with Crippen molar-refractivity contribution in [3.05, 3.63) is 17.8 Å². The summed E-state index contributed by atoms with van der Waals surface area (Å²) in [7, 11) is 1.43. The minimum Gasteiger partial charge on any atom is -0.480 e. The first-order chi connectivity index (χ1) is 8.66. The van der Waals surface area contributed by atoms with Gasteiger partial charge in [-0.2, -0.15) is 0 Å². The Kier molecular flexibility index (Phi) is 4.18. The maximum atomic E-state index is 12.0. The first kappa shape index (κ1) is 15.0. The highest BCUT2D eigenvalue weighted by Crippen LogP contribution is 2.16. The van der Waals surface area contributed by atoms with E-state index in [1.54, 1.807) is 20.0 Å². The van der Waals surface area contributed by atoms with Crippen LogP contribution in [0.1, 0.15) is 38.5 Å². The lowest BCUT2D eigenvalue weighted by atomic mass is 10.0. The SMILES string of the molecule is Cc1cnc(C(C)NC(=O)N(C)C(C)(C)C(=O)O)o1. The lowest BCUT2D eigenvalue weighted by molar-refractivity contribution is -0.146. The van der Waals surface area contributed by atoms with E-state index < -0.39 is 23.6 Å². The van der Waals surface area contributed by atoms with Gasteiger partial charge in [-0.05, 0) is 27.7 Å². The molecule has 1 atom stereocenters. The van der Waals surface area contributed by atoms with E-state index >= 15 is 0 Å². The fraction of sp³-hybridized carbons (Fsp3) is 0.583. The molecule has 1 heterocycles. The molecule has 0 saturated heterocycles. The highest BCUT2D eigenvalue weighted by molar-refractivity contribution is 5.85. The quantitative estimate of drug-likeness (QED) is 0.864. The summed E-state index contributed by atoms with van der Waals surface area (Å²) in [5, 5.41) is 11.7. The molecule has 0 saturated carbocycles. The van der Waals surface area contributed by atoms with Crippen LogP contribution in [0, 0.1) is 6.92 Å². The van der Waals surface area contributed by atoms with Gasteiger partial charge in [-0.3, -0.25) is 0 Å². The molecule has 0 radical (unpaired) electrons. The van der Waals surface area contributed by atoms with Crippen LogP contribution in [-0.4, -0.2) is 39.6 Å². The molecule has 0 aliphatic rings. The molecule has 7 nitrogen and oxygen atoms in total. The monoisotopic (exact) mass is 269 g/mol. The summed E-state index contributed by atoms with van der Waals surface area (Å²) in [5.41, 5.74) is -1.30. The van der Waals surface area contributed by atoms with E-state index in [-0.39, 0.29) is 0 Å². The zero-order valence-electron chi connectivity index (χ0n) is 11.7. The number of urea groups is 1. The van der Waals surface area contributed by atoms with Crippen molar-refractivity contribution in [2.24, 2.45) is 0 Å². The Bertz CT molecular complexity index is 481. The second-order valence-electron chi connectivity index (χ2n) is 4.90. The van der Waals surface area contributed by atoms with Crippen molar-refractivity contribution in [2.75, 3.05) is 7.05 Å². The molecule has 7 heteroatoms. The summed E-state index contributed by atoms with van der Waals surface area (Å²) in [6.45, 7) is 6.37. The molecule has 19 heavy (non-hydrogen) atoms. The zero-order chi connectivity index (χ0) is 14.8. The minimum atomic E-state index is -1.30. The highest BCUT2D eigenvalue weighted by Gasteiger charge is 2.35. The molecule has 1 aromatic heterocycles. The number of amides is 2. The molecule has 1 rings (SSSR count). The Balaban J connectivity index is 2.72. The molecule has 0 fully saturated rings. The van der Waals surface area contributed by atoms with Gasteiger partial charge in [-0.1, -0.05) is 0 Å². The number of aliphatic carboxylic acids is 1. The lowest BCUT2D eigenvalue weighted by Crippen LogP contribution is -2.54. The summed E-state index contributed by atoms with van der Waals surface area (Å²) in [6.07, 6.45) is 1.56. The summed E-state index contributed by atoms with van der Waals surface area (Å²) < 4.78 is 5.30. The molecular formula is C12H19N3O4. The zero-order valence-corrected chi connectivity index (χ0v) is 11.7. The lowest BCUT2D eigenvalue weighted by Gasteiger charge is -2.32. The van der Waals surface area contributed by atoms with E-state index in [2.05, 4.69) is 10.3 Å².